The fourth-order valence-corrected chi connectivity index (χ4v) is 1.62. The maximum atomic E-state index is 11.5. The molecule has 2 N–H and O–H groups in total. The third kappa shape index (κ3) is 4.87. The van der Waals surface area contributed by atoms with E-state index in [-0.39, 0.29) is 18.7 Å². The smallest absolute Gasteiger partial charge is 0.303 e. The third-order valence-corrected chi connectivity index (χ3v) is 2.51. The first-order valence-corrected chi connectivity index (χ1v) is 5.64. The summed E-state index contributed by atoms with van der Waals surface area (Å²) < 4.78 is 0. The number of carboxylic acids is 1. The summed E-state index contributed by atoms with van der Waals surface area (Å²) in [7, 11) is 0. The molecule has 1 aromatic carbocycles. The Labute approximate surface area is 105 Å². The van der Waals surface area contributed by atoms with E-state index >= 15 is 0 Å². The molecule has 0 saturated heterocycles. The van der Waals surface area contributed by atoms with Gasteiger partial charge in [0.15, 0.2) is 0 Å². The highest BCUT2D eigenvalue weighted by atomic mass is 35.5. The Kier molecular flexibility index (Phi) is 4.97. The van der Waals surface area contributed by atoms with Gasteiger partial charge in [0, 0.05) is 12.8 Å². The SMILES string of the molecule is Cc1ccc(NC(=O)CCCC(=O)O)c(Cl)c1. The molecule has 17 heavy (non-hydrogen) atoms. The summed E-state index contributed by atoms with van der Waals surface area (Å²) in [4.78, 5) is 21.7. The highest BCUT2D eigenvalue weighted by Crippen LogP contribution is 2.22. The molecule has 1 rings (SSSR count). The number of carboxylic acid groups (broad SMARTS) is 1. The number of hydrogen-bond donors (Lipinski definition) is 2. The van der Waals surface area contributed by atoms with Gasteiger partial charge in [-0.25, -0.2) is 0 Å². The summed E-state index contributed by atoms with van der Waals surface area (Å²) in [5, 5.41) is 11.6. The lowest BCUT2D eigenvalue weighted by atomic mass is 10.2. The molecular formula is C12H14ClNO3. The Morgan fingerprint density at radius 2 is 2.06 bits per heavy atom. The van der Waals surface area contributed by atoms with Crippen molar-refractivity contribution in [1.82, 2.24) is 0 Å². The van der Waals surface area contributed by atoms with E-state index in [1.165, 1.54) is 0 Å². The molecule has 4 nitrogen and oxygen atoms in total. The Hall–Kier alpha value is -1.55. The topological polar surface area (TPSA) is 66.4 Å². The Bertz CT molecular complexity index is 432. The first kappa shape index (κ1) is 13.5. The number of amides is 1. The van der Waals surface area contributed by atoms with Crippen LogP contribution in [0.15, 0.2) is 18.2 Å². The molecular weight excluding hydrogens is 242 g/mol. The fraction of sp³-hybridized carbons (Fsp3) is 0.333. The highest BCUT2D eigenvalue weighted by molar-refractivity contribution is 6.33. The highest BCUT2D eigenvalue weighted by Gasteiger charge is 2.06. The summed E-state index contributed by atoms with van der Waals surface area (Å²) in [6.45, 7) is 1.91. The van der Waals surface area contributed by atoms with Crippen molar-refractivity contribution in [3.05, 3.63) is 28.8 Å². The predicted octanol–water partition coefficient (Wildman–Crippen LogP) is 2.84. The van der Waals surface area contributed by atoms with Gasteiger partial charge in [0.2, 0.25) is 5.91 Å². The predicted molar refractivity (Wildman–Crippen MR) is 66.3 cm³/mol. The molecule has 0 spiro atoms. The molecule has 0 unspecified atom stereocenters. The van der Waals surface area contributed by atoms with Gasteiger partial charge in [-0.1, -0.05) is 17.7 Å². The van der Waals surface area contributed by atoms with Crippen molar-refractivity contribution in [2.75, 3.05) is 5.32 Å². The fourth-order valence-electron chi connectivity index (χ4n) is 1.33. The second-order valence-electron chi connectivity index (χ2n) is 3.78. The molecule has 0 aromatic heterocycles. The lowest BCUT2D eigenvalue weighted by molar-refractivity contribution is -0.137. The van der Waals surface area contributed by atoms with Gasteiger partial charge in [-0.2, -0.15) is 0 Å². The van der Waals surface area contributed by atoms with Crippen molar-refractivity contribution < 1.29 is 14.7 Å². The van der Waals surface area contributed by atoms with Crippen LogP contribution in [-0.4, -0.2) is 17.0 Å². The van der Waals surface area contributed by atoms with Crippen LogP contribution in [0.3, 0.4) is 0 Å². The molecule has 0 bridgehead atoms. The standard InChI is InChI=1S/C12H14ClNO3/c1-8-5-6-10(9(13)7-8)14-11(15)3-2-4-12(16)17/h5-7H,2-4H2,1H3,(H,14,15)(H,16,17). The molecule has 0 aliphatic rings. The maximum absolute atomic E-state index is 11.5. The average molecular weight is 256 g/mol. The van der Waals surface area contributed by atoms with E-state index in [0.717, 1.165) is 5.56 Å². The number of benzene rings is 1. The van der Waals surface area contributed by atoms with Crippen LogP contribution in [-0.2, 0) is 9.59 Å². The van der Waals surface area contributed by atoms with E-state index in [0.29, 0.717) is 17.1 Å². The van der Waals surface area contributed by atoms with Crippen molar-refractivity contribution in [3.8, 4) is 0 Å². The van der Waals surface area contributed by atoms with Crippen molar-refractivity contribution in [2.24, 2.45) is 0 Å². The van der Waals surface area contributed by atoms with Crippen molar-refractivity contribution in [3.63, 3.8) is 0 Å². The lowest BCUT2D eigenvalue weighted by Gasteiger charge is -2.07. The molecule has 0 saturated carbocycles. The number of nitrogens with one attached hydrogen (secondary N) is 1. The van der Waals surface area contributed by atoms with Gasteiger partial charge in [-0.3, -0.25) is 9.59 Å². The molecule has 1 amide bonds. The van der Waals surface area contributed by atoms with Crippen LogP contribution in [0.1, 0.15) is 24.8 Å². The molecule has 5 heteroatoms. The number of rotatable bonds is 5. The molecule has 0 atom stereocenters. The Morgan fingerprint density at radius 1 is 1.35 bits per heavy atom. The largest absolute Gasteiger partial charge is 0.481 e. The number of carbonyl (C=O) groups is 2. The minimum atomic E-state index is -0.897. The Balaban J connectivity index is 2.48. The summed E-state index contributed by atoms with van der Waals surface area (Å²) in [6, 6.07) is 5.33. The van der Waals surface area contributed by atoms with Crippen LogP contribution < -0.4 is 5.32 Å². The van der Waals surface area contributed by atoms with E-state index in [1.54, 1.807) is 12.1 Å². The van der Waals surface area contributed by atoms with Gasteiger partial charge in [0.25, 0.3) is 0 Å². The first-order valence-electron chi connectivity index (χ1n) is 5.27. The summed E-state index contributed by atoms with van der Waals surface area (Å²) in [5.74, 6) is -1.12. The molecule has 0 radical (unpaired) electrons. The van der Waals surface area contributed by atoms with Gasteiger partial charge in [0.1, 0.15) is 0 Å². The van der Waals surface area contributed by atoms with Gasteiger partial charge in [0.05, 0.1) is 10.7 Å². The van der Waals surface area contributed by atoms with Crippen molar-refractivity contribution >= 4 is 29.2 Å². The molecule has 1 aromatic rings. The summed E-state index contributed by atoms with van der Waals surface area (Å²) in [5.41, 5.74) is 1.57. The minimum Gasteiger partial charge on any atom is -0.481 e. The summed E-state index contributed by atoms with van der Waals surface area (Å²) in [6.07, 6.45) is 0.496. The average Bonchev–Trinajstić information content (AvgIpc) is 2.21. The number of carbonyl (C=O) groups excluding carboxylic acids is 1. The molecule has 0 aliphatic heterocycles. The van der Waals surface area contributed by atoms with Crippen LogP contribution in [0.4, 0.5) is 5.69 Å². The molecule has 0 aliphatic carbocycles. The van der Waals surface area contributed by atoms with Crippen LogP contribution in [0.2, 0.25) is 5.02 Å². The lowest BCUT2D eigenvalue weighted by Crippen LogP contribution is -2.12. The van der Waals surface area contributed by atoms with E-state index in [1.807, 2.05) is 13.0 Å². The van der Waals surface area contributed by atoms with E-state index in [2.05, 4.69) is 5.32 Å². The van der Waals surface area contributed by atoms with Crippen LogP contribution >= 0.6 is 11.6 Å². The van der Waals surface area contributed by atoms with Gasteiger partial charge in [-0.05, 0) is 31.0 Å². The maximum Gasteiger partial charge on any atom is 0.303 e. The summed E-state index contributed by atoms with van der Waals surface area (Å²) >= 11 is 5.95. The minimum absolute atomic E-state index is 0.00491. The molecule has 0 heterocycles. The molecule has 0 fully saturated rings. The van der Waals surface area contributed by atoms with Crippen LogP contribution in [0.5, 0.6) is 0 Å². The quantitative estimate of drug-likeness (QED) is 0.850. The Morgan fingerprint density at radius 3 is 2.65 bits per heavy atom. The number of hydrogen-bond acceptors (Lipinski definition) is 2. The van der Waals surface area contributed by atoms with Crippen molar-refractivity contribution in [1.29, 1.82) is 0 Å². The number of anilines is 1. The second kappa shape index (κ2) is 6.25. The van der Waals surface area contributed by atoms with Crippen LogP contribution in [0, 0.1) is 6.92 Å². The zero-order chi connectivity index (χ0) is 12.8. The van der Waals surface area contributed by atoms with Gasteiger partial charge in [-0.15, -0.1) is 0 Å². The number of aliphatic carboxylic acids is 1. The first-order chi connectivity index (χ1) is 7.99. The normalized spacial score (nSPS) is 10.0. The van der Waals surface area contributed by atoms with E-state index in [9.17, 15) is 9.59 Å². The zero-order valence-corrected chi connectivity index (χ0v) is 10.3. The van der Waals surface area contributed by atoms with E-state index in [4.69, 9.17) is 16.7 Å². The van der Waals surface area contributed by atoms with Crippen LogP contribution in [0.25, 0.3) is 0 Å². The second-order valence-corrected chi connectivity index (χ2v) is 4.19. The third-order valence-electron chi connectivity index (χ3n) is 2.19. The van der Waals surface area contributed by atoms with Crippen molar-refractivity contribution in [2.45, 2.75) is 26.2 Å². The zero-order valence-electron chi connectivity index (χ0n) is 9.50. The monoisotopic (exact) mass is 255 g/mol. The molecule has 92 valence electrons. The number of aryl methyl sites for hydroxylation is 1. The van der Waals surface area contributed by atoms with Gasteiger partial charge < -0.3 is 10.4 Å². The van der Waals surface area contributed by atoms with E-state index < -0.39 is 5.97 Å². The number of halogens is 1. The van der Waals surface area contributed by atoms with Gasteiger partial charge >= 0.3 is 5.97 Å².